The smallest absolute Gasteiger partial charge is 0.122 e. The fourth-order valence-corrected chi connectivity index (χ4v) is 3.68. The highest BCUT2D eigenvalue weighted by Crippen LogP contribution is 2.38. The van der Waals surface area contributed by atoms with Crippen molar-refractivity contribution in [2.45, 2.75) is 44.4 Å². The Hall–Kier alpha value is -1.10. The molecule has 1 heterocycles. The summed E-state index contributed by atoms with van der Waals surface area (Å²) in [5.74, 6) is 0.939. The molecule has 3 rings (SSSR count). The van der Waals surface area contributed by atoms with Crippen LogP contribution in [-0.4, -0.2) is 49.5 Å². The van der Waals surface area contributed by atoms with E-state index in [4.69, 9.17) is 9.47 Å². The molecule has 1 aromatic rings. The zero-order valence-electron chi connectivity index (χ0n) is 13.1. The molecule has 1 saturated heterocycles. The van der Waals surface area contributed by atoms with Gasteiger partial charge in [0.05, 0.1) is 25.9 Å². The second-order valence-electron chi connectivity index (χ2n) is 6.10. The lowest BCUT2D eigenvalue weighted by molar-refractivity contribution is -0.0649. The molecule has 21 heavy (non-hydrogen) atoms. The number of benzene rings is 1. The predicted octanol–water partition coefficient (Wildman–Crippen LogP) is 1.94. The average Bonchev–Trinajstić information content (AvgIpc) is 2.52. The lowest BCUT2D eigenvalue weighted by Crippen LogP contribution is -2.53. The highest BCUT2D eigenvalue weighted by molar-refractivity contribution is 5.48. The maximum Gasteiger partial charge on any atom is 0.122 e. The van der Waals surface area contributed by atoms with Crippen LogP contribution in [0.25, 0.3) is 0 Å². The van der Waals surface area contributed by atoms with Gasteiger partial charge in [-0.25, -0.2) is 0 Å². The zero-order chi connectivity index (χ0) is 15.0. The van der Waals surface area contributed by atoms with Gasteiger partial charge in [0.2, 0.25) is 0 Å². The van der Waals surface area contributed by atoms with Crippen molar-refractivity contribution < 1.29 is 14.6 Å². The Kier molecular flexibility index (Phi) is 4.20. The zero-order valence-corrected chi connectivity index (χ0v) is 13.1. The SMILES string of the molecule is CCC(O)c1ccc(OC)c2c1C[C@H]1OCCN(C)[C@@H]1C2. The van der Waals surface area contributed by atoms with Gasteiger partial charge < -0.3 is 14.6 Å². The van der Waals surface area contributed by atoms with Gasteiger partial charge in [-0.05, 0) is 42.6 Å². The number of aliphatic hydroxyl groups is 1. The lowest BCUT2D eigenvalue weighted by atomic mass is 9.80. The maximum absolute atomic E-state index is 10.3. The molecule has 116 valence electrons. The van der Waals surface area contributed by atoms with Crippen LogP contribution in [0.2, 0.25) is 0 Å². The Morgan fingerprint density at radius 2 is 2.19 bits per heavy atom. The molecule has 1 aliphatic carbocycles. The molecular weight excluding hydrogens is 266 g/mol. The van der Waals surface area contributed by atoms with E-state index in [1.807, 2.05) is 19.1 Å². The summed E-state index contributed by atoms with van der Waals surface area (Å²) in [5, 5.41) is 10.3. The number of morpholine rings is 1. The van der Waals surface area contributed by atoms with Gasteiger partial charge in [0.25, 0.3) is 0 Å². The van der Waals surface area contributed by atoms with Crippen LogP contribution in [0.5, 0.6) is 5.75 Å². The molecule has 0 saturated carbocycles. The van der Waals surface area contributed by atoms with Gasteiger partial charge in [-0.15, -0.1) is 0 Å². The van der Waals surface area contributed by atoms with Crippen molar-refractivity contribution in [3.63, 3.8) is 0 Å². The minimum atomic E-state index is -0.400. The number of methoxy groups -OCH3 is 1. The minimum Gasteiger partial charge on any atom is -0.496 e. The summed E-state index contributed by atoms with van der Waals surface area (Å²) in [5.41, 5.74) is 3.53. The molecule has 1 aliphatic heterocycles. The average molecular weight is 291 g/mol. The molecule has 1 unspecified atom stereocenters. The highest BCUT2D eigenvalue weighted by Gasteiger charge is 2.37. The number of aliphatic hydroxyl groups excluding tert-OH is 1. The molecule has 0 radical (unpaired) electrons. The number of nitrogens with zero attached hydrogens (tertiary/aromatic N) is 1. The molecule has 4 heteroatoms. The van der Waals surface area contributed by atoms with Crippen LogP contribution in [0.15, 0.2) is 12.1 Å². The molecule has 1 N–H and O–H groups in total. The summed E-state index contributed by atoms with van der Waals surface area (Å²) < 4.78 is 11.5. The van der Waals surface area contributed by atoms with E-state index < -0.39 is 6.10 Å². The van der Waals surface area contributed by atoms with E-state index in [-0.39, 0.29) is 6.10 Å². The van der Waals surface area contributed by atoms with Crippen LogP contribution in [0.3, 0.4) is 0 Å². The van der Waals surface area contributed by atoms with Gasteiger partial charge in [0.15, 0.2) is 0 Å². The lowest BCUT2D eigenvalue weighted by Gasteiger charge is -2.43. The van der Waals surface area contributed by atoms with Crippen LogP contribution >= 0.6 is 0 Å². The Balaban J connectivity index is 2.03. The van der Waals surface area contributed by atoms with Crippen molar-refractivity contribution in [3.8, 4) is 5.75 Å². The Morgan fingerprint density at radius 1 is 1.38 bits per heavy atom. The number of hydrogen-bond acceptors (Lipinski definition) is 4. The Labute approximate surface area is 126 Å². The largest absolute Gasteiger partial charge is 0.496 e. The third-order valence-corrected chi connectivity index (χ3v) is 4.98. The van der Waals surface area contributed by atoms with E-state index in [1.165, 1.54) is 11.1 Å². The third kappa shape index (κ3) is 2.56. The summed E-state index contributed by atoms with van der Waals surface area (Å²) in [6, 6.07) is 4.42. The first-order valence-electron chi connectivity index (χ1n) is 7.84. The molecule has 1 aromatic carbocycles. The third-order valence-electron chi connectivity index (χ3n) is 4.98. The monoisotopic (exact) mass is 291 g/mol. The second-order valence-corrected chi connectivity index (χ2v) is 6.10. The number of ether oxygens (including phenoxy) is 2. The molecule has 1 fully saturated rings. The molecule has 0 spiro atoms. The first-order chi connectivity index (χ1) is 10.2. The van der Waals surface area contributed by atoms with Crippen LogP contribution in [-0.2, 0) is 17.6 Å². The Morgan fingerprint density at radius 3 is 2.90 bits per heavy atom. The number of rotatable bonds is 3. The van der Waals surface area contributed by atoms with Gasteiger partial charge in [-0.2, -0.15) is 0 Å². The second kappa shape index (κ2) is 5.95. The van der Waals surface area contributed by atoms with E-state index in [0.717, 1.165) is 43.7 Å². The molecule has 2 aliphatic rings. The van der Waals surface area contributed by atoms with E-state index in [2.05, 4.69) is 11.9 Å². The van der Waals surface area contributed by atoms with Gasteiger partial charge in [0, 0.05) is 19.0 Å². The van der Waals surface area contributed by atoms with Gasteiger partial charge in [-0.3, -0.25) is 4.90 Å². The molecule has 4 nitrogen and oxygen atoms in total. The molecule has 0 bridgehead atoms. The van der Waals surface area contributed by atoms with Crippen molar-refractivity contribution in [3.05, 3.63) is 28.8 Å². The van der Waals surface area contributed by atoms with Gasteiger partial charge in [-0.1, -0.05) is 13.0 Å². The van der Waals surface area contributed by atoms with E-state index >= 15 is 0 Å². The Bertz CT molecular complexity index is 517. The molecule has 0 aromatic heterocycles. The molecular formula is C17H25NO3. The minimum absolute atomic E-state index is 0.228. The highest BCUT2D eigenvalue weighted by atomic mass is 16.5. The normalized spacial score (nSPS) is 26.9. The first kappa shape index (κ1) is 14.8. The number of fused-ring (bicyclic) bond motifs is 2. The van der Waals surface area contributed by atoms with Crippen molar-refractivity contribution in [1.29, 1.82) is 0 Å². The van der Waals surface area contributed by atoms with E-state index in [9.17, 15) is 5.11 Å². The van der Waals surface area contributed by atoms with Crippen LogP contribution in [0.4, 0.5) is 0 Å². The van der Waals surface area contributed by atoms with Crippen LogP contribution < -0.4 is 4.74 Å². The topological polar surface area (TPSA) is 41.9 Å². The summed E-state index contributed by atoms with van der Waals surface area (Å²) in [6.07, 6.45) is 2.36. The van der Waals surface area contributed by atoms with E-state index in [0.29, 0.717) is 6.04 Å². The first-order valence-corrected chi connectivity index (χ1v) is 7.84. The quantitative estimate of drug-likeness (QED) is 0.924. The van der Waals surface area contributed by atoms with E-state index in [1.54, 1.807) is 7.11 Å². The maximum atomic E-state index is 10.3. The predicted molar refractivity (Wildman–Crippen MR) is 81.8 cm³/mol. The number of hydrogen-bond donors (Lipinski definition) is 1. The number of likely N-dealkylation sites (N-methyl/N-ethyl adjacent to an activating group) is 1. The van der Waals surface area contributed by atoms with Crippen molar-refractivity contribution >= 4 is 0 Å². The van der Waals surface area contributed by atoms with Gasteiger partial charge in [0.1, 0.15) is 5.75 Å². The fraction of sp³-hybridized carbons (Fsp3) is 0.647. The summed E-state index contributed by atoms with van der Waals surface area (Å²) >= 11 is 0. The molecule has 3 atom stereocenters. The summed E-state index contributed by atoms with van der Waals surface area (Å²) in [4.78, 5) is 2.39. The summed E-state index contributed by atoms with van der Waals surface area (Å²) in [6.45, 7) is 3.79. The molecule has 0 amide bonds. The fourth-order valence-electron chi connectivity index (χ4n) is 3.68. The van der Waals surface area contributed by atoms with Crippen molar-refractivity contribution in [1.82, 2.24) is 4.90 Å². The van der Waals surface area contributed by atoms with Crippen molar-refractivity contribution in [2.75, 3.05) is 27.3 Å². The van der Waals surface area contributed by atoms with Crippen LogP contribution in [0.1, 0.15) is 36.1 Å². The standard InChI is InChI=1S/C17H25NO3/c1-4-15(19)11-5-6-16(20-3)13-9-14-17(10-12(11)13)21-8-7-18(14)2/h5-6,14-15,17,19H,4,7-10H2,1-3H3/t14-,15?,17-/m1/s1. The van der Waals surface area contributed by atoms with Crippen molar-refractivity contribution in [2.24, 2.45) is 0 Å². The van der Waals surface area contributed by atoms with Gasteiger partial charge >= 0.3 is 0 Å². The van der Waals surface area contributed by atoms with Crippen LogP contribution in [0, 0.1) is 0 Å². The summed E-state index contributed by atoms with van der Waals surface area (Å²) in [7, 11) is 3.89.